The van der Waals surface area contributed by atoms with Crippen molar-refractivity contribution in [1.82, 2.24) is 39.2 Å². The molecule has 73 heavy (non-hydrogen) atoms. The minimum Gasteiger partial charge on any atom is -0.508 e. The molecule has 5 saturated heterocycles. The Labute approximate surface area is 422 Å². The number of halogens is 2. The number of fused-ring (bicyclic) bond motifs is 4. The number of hydrogen-bond donors (Lipinski definition) is 3. The lowest BCUT2D eigenvalue weighted by molar-refractivity contribution is -0.135. The van der Waals surface area contributed by atoms with Crippen LogP contribution in [0.4, 0.5) is 14.6 Å². The molecule has 0 spiro atoms. The molecule has 4 atom stereocenters. The number of aliphatic hydroxyl groups is 1. The first-order chi connectivity index (χ1) is 35.2. The number of imide groups is 1. The van der Waals surface area contributed by atoms with E-state index < -0.39 is 29.2 Å². The summed E-state index contributed by atoms with van der Waals surface area (Å²) in [6.07, 6.45) is 11.5. The van der Waals surface area contributed by atoms with Gasteiger partial charge in [0.05, 0.1) is 33.7 Å². The highest BCUT2D eigenvalue weighted by Crippen LogP contribution is 2.44. The molecule has 0 bridgehead atoms. The van der Waals surface area contributed by atoms with Crippen LogP contribution in [0, 0.1) is 11.6 Å². The molecule has 3 aromatic heterocycles. The number of carbonyl (C=O) groups excluding carboxylic acids is 2. The lowest BCUT2D eigenvalue weighted by Crippen LogP contribution is -2.51. The number of piperidine rings is 3. The second-order valence-corrected chi connectivity index (χ2v) is 21.5. The van der Waals surface area contributed by atoms with Crippen LogP contribution in [-0.2, 0) is 34.2 Å². The normalized spacial score (nSPS) is 24.3. The maximum absolute atomic E-state index is 17.3. The molecule has 6 aromatic rings. The number of aromatic hydroxyl groups is 1. The summed E-state index contributed by atoms with van der Waals surface area (Å²) in [4.78, 5) is 59.0. The summed E-state index contributed by atoms with van der Waals surface area (Å²) in [7, 11) is 1.71. The molecule has 1 unspecified atom stereocenters. The average Bonchev–Trinajstić information content (AvgIpc) is 4.02. The Hall–Kier alpha value is -6.08. The monoisotopic (exact) mass is 1000 g/mol. The van der Waals surface area contributed by atoms with E-state index in [-0.39, 0.29) is 64.7 Å². The average molecular weight is 1000 g/mol. The van der Waals surface area contributed by atoms with Crippen LogP contribution in [0.2, 0.25) is 0 Å². The second kappa shape index (κ2) is 19.6. The zero-order chi connectivity index (χ0) is 50.8. The lowest BCUT2D eigenvalue weighted by atomic mass is 9.94. The third-order valence-electron chi connectivity index (χ3n) is 16.5. The highest BCUT2D eigenvalue weighted by atomic mass is 19.1. The summed E-state index contributed by atoms with van der Waals surface area (Å²) >= 11 is 0. The molecular weight excluding hydrogens is 937 g/mol. The molecule has 0 aliphatic carbocycles. The molecule has 386 valence electrons. The number of carbonyl (C=O) groups is 2. The number of likely N-dealkylation sites (tertiary alicyclic amines) is 1. The topological polar surface area (TPSA) is 180 Å². The van der Waals surface area contributed by atoms with Gasteiger partial charge in [-0.1, -0.05) is 19.1 Å². The van der Waals surface area contributed by atoms with Crippen LogP contribution >= 0.6 is 0 Å². The first-order valence-electron chi connectivity index (χ1n) is 26.2. The van der Waals surface area contributed by atoms with E-state index in [1.54, 1.807) is 30.7 Å². The Morgan fingerprint density at radius 3 is 2.55 bits per heavy atom. The molecule has 0 saturated carbocycles. The number of rotatable bonds is 14. The summed E-state index contributed by atoms with van der Waals surface area (Å²) in [6.45, 7) is 9.35. The highest BCUT2D eigenvalue weighted by molar-refractivity contribution is 6.02. The van der Waals surface area contributed by atoms with Crippen LogP contribution in [0.1, 0.15) is 102 Å². The van der Waals surface area contributed by atoms with Gasteiger partial charge in [0.1, 0.15) is 41.2 Å². The number of phenolic OH excluding ortho intramolecular Hbond substituents is 1. The van der Waals surface area contributed by atoms with Gasteiger partial charge in [-0.2, -0.15) is 9.97 Å². The number of benzene rings is 3. The summed E-state index contributed by atoms with van der Waals surface area (Å²) in [5.41, 5.74) is 1.69. The van der Waals surface area contributed by atoms with E-state index in [0.29, 0.717) is 84.5 Å². The van der Waals surface area contributed by atoms with E-state index >= 15 is 8.78 Å². The van der Waals surface area contributed by atoms with Crippen LogP contribution in [-0.4, -0.2) is 132 Å². The molecule has 3 N–H and O–H groups in total. The van der Waals surface area contributed by atoms with E-state index in [1.165, 1.54) is 22.9 Å². The Kier molecular flexibility index (Phi) is 13.2. The van der Waals surface area contributed by atoms with Gasteiger partial charge in [-0.3, -0.25) is 33.9 Å². The Morgan fingerprint density at radius 1 is 0.932 bits per heavy atom. The lowest BCUT2D eigenvalue weighted by Gasteiger charge is -2.39. The summed E-state index contributed by atoms with van der Waals surface area (Å²) in [6, 6.07) is 11.5. The van der Waals surface area contributed by atoms with Crippen molar-refractivity contribution < 1.29 is 38.1 Å². The minimum atomic E-state index is -0.977. The number of anilines is 1. The first-order valence-corrected chi connectivity index (χ1v) is 26.2. The largest absolute Gasteiger partial charge is 0.508 e. The summed E-state index contributed by atoms with van der Waals surface area (Å²) in [5, 5.41) is 25.7. The molecular formula is C55H65F2N9O7. The quantitative estimate of drug-likeness (QED) is 0.0762. The van der Waals surface area contributed by atoms with Crippen molar-refractivity contribution in [3.05, 3.63) is 81.9 Å². The molecule has 8 heterocycles. The number of hydrogen-bond acceptors (Lipinski definition) is 13. The van der Waals surface area contributed by atoms with Crippen LogP contribution in [0.5, 0.6) is 11.8 Å². The van der Waals surface area contributed by atoms with Crippen molar-refractivity contribution >= 4 is 50.3 Å². The maximum Gasteiger partial charge on any atom is 0.329 e. The van der Waals surface area contributed by atoms with Crippen LogP contribution in [0.3, 0.4) is 0 Å². The van der Waals surface area contributed by atoms with Gasteiger partial charge in [-0.15, -0.1) is 0 Å². The fourth-order valence-corrected chi connectivity index (χ4v) is 12.8. The molecule has 0 radical (unpaired) electrons. The minimum absolute atomic E-state index is 0.00561. The van der Waals surface area contributed by atoms with E-state index in [4.69, 9.17) is 19.4 Å². The highest BCUT2D eigenvalue weighted by Gasteiger charge is 2.50. The van der Waals surface area contributed by atoms with E-state index in [2.05, 4.69) is 20.1 Å². The van der Waals surface area contributed by atoms with E-state index in [1.807, 2.05) is 30.0 Å². The van der Waals surface area contributed by atoms with Crippen molar-refractivity contribution in [1.29, 1.82) is 0 Å². The smallest absolute Gasteiger partial charge is 0.329 e. The Morgan fingerprint density at radius 2 is 1.75 bits per heavy atom. The fourth-order valence-electron chi connectivity index (χ4n) is 12.8. The third-order valence-corrected chi connectivity index (χ3v) is 16.5. The predicted molar refractivity (Wildman–Crippen MR) is 273 cm³/mol. The number of amides is 2. The van der Waals surface area contributed by atoms with Crippen LogP contribution in [0.15, 0.2) is 53.5 Å². The van der Waals surface area contributed by atoms with Crippen molar-refractivity contribution in [3.63, 3.8) is 0 Å². The Balaban J connectivity index is 0.734. The zero-order valence-electron chi connectivity index (χ0n) is 42.0. The number of imidazole rings is 1. The van der Waals surface area contributed by atoms with Crippen molar-refractivity contribution in [2.75, 3.05) is 57.4 Å². The van der Waals surface area contributed by atoms with Gasteiger partial charge in [0, 0.05) is 70.6 Å². The van der Waals surface area contributed by atoms with Crippen LogP contribution < -0.4 is 20.6 Å². The number of aromatic nitrogens is 5. The zero-order valence-corrected chi connectivity index (χ0v) is 42.0. The number of β-amino-alcohol motifs (C(OH)–C–C–N with tert-alkyl or cyclic N) is 1. The first kappa shape index (κ1) is 49.1. The van der Waals surface area contributed by atoms with E-state index in [9.17, 15) is 24.6 Å². The van der Waals surface area contributed by atoms with Gasteiger partial charge in [0.2, 0.25) is 11.8 Å². The number of pyridine rings is 1. The second-order valence-electron chi connectivity index (χ2n) is 21.5. The molecule has 5 fully saturated rings. The molecule has 2 amide bonds. The molecule has 5 aliphatic heterocycles. The number of nitrogens with one attached hydrogen (secondary N) is 1. The van der Waals surface area contributed by atoms with Gasteiger partial charge in [-0.05, 0) is 143 Å². The molecule has 11 rings (SSSR count). The number of nitrogens with zero attached hydrogens (tertiary/aromatic N) is 8. The fraction of sp³-hybridized carbons (Fsp3) is 0.527. The number of ether oxygens (including phenoxy) is 2. The van der Waals surface area contributed by atoms with Crippen molar-refractivity contribution in [2.24, 2.45) is 7.05 Å². The van der Waals surface area contributed by atoms with Gasteiger partial charge >= 0.3 is 11.7 Å². The summed E-state index contributed by atoms with van der Waals surface area (Å²) < 4.78 is 48.6. The molecule has 18 heteroatoms. The molecule has 16 nitrogen and oxygen atoms in total. The van der Waals surface area contributed by atoms with Crippen molar-refractivity contribution in [2.45, 2.75) is 127 Å². The number of phenols is 1. The standard InChI is InChI=1S/C55H65F2N9O7/c1-4-38-41(56)11-10-34-27-36(67)28-39(46(34)38)48-47(57)49-40(29-58-48)50(64-21-6-18-54(2,71)31-64)61-52(60-49)73-32-55-19-7-22-65(55)35(15-20-55)30-63-23-16-37(17-24-63)72-25-5-8-33-9-12-42-44(26-33)62(3)53(70)66(42)43-13-14-45(68)59-51(43)69/h9-12,26-29,35,37,43,67,71H,4-8,13-25,30-32H2,1-3H3,(H,59,68,69)/t35-,43?,54+,55+/m0/s1. The van der Waals surface area contributed by atoms with Crippen LogP contribution in [0.25, 0.3) is 44.0 Å². The van der Waals surface area contributed by atoms with Gasteiger partial charge in [0.15, 0.2) is 5.82 Å². The third kappa shape index (κ3) is 9.33. The van der Waals surface area contributed by atoms with Gasteiger partial charge in [0.25, 0.3) is 0 Å². The molecule has 3 aromatic carbocycles. The van der Waals surface area contributed by atoms with Gasteiger partial charge in [-0.25, -0.2) is 13.6 Å². The maximum atomic E-state index is 17.3. The predicted octanol–water partition coefficient (Wildman–Crippen LogP) is 6.86. The van der Waals surface area contributed by atoms with E-state index in [0.717, 1.165) is 88.6 Å². The number of aryl methyl sites for hydroxylation is 3. The van der Waals surface area contributed by atoms with Crippen molar-refractivity contribution in [3.8, 4) is 23.0 Å². The SMILES string of the molecule is CCc1c(F)ccc2cc(O)cc(-c3ncc4c(N5CCC[C@@](C)(O)C5)nc(OC[C@]56CCCN5[C@H](CN5CCC(OCCCc7ccc8c(c7)n(C)c(=O)n8C7CCC(=O)NC7=O)CC5)CC6)nc4c3F)c12. The molecule has 5 aliphatic rings. The Bertz CT molecular complexity index is 3190. The van der Waals surface area contributed by atoms with Gasteiger partial charge < -0.3 is 29.5 Å². The summed E-state index contributed by atoms with van der Waals surface area (Å²) in [5.74, 6) is -1.55.